The molecule has 3 rings (SSSR count). The van der Waals surface area contributed by atoms with Gasteiger partial charge < -0.3 is 9.46 Å². The third kappa shape index (κ3) is 2.06. The van der Waals surface area contributed by atoms with E-state index in [2.05, 4.69) is 9.71 Å². The van der Waals surface area contributed by atoms with Gasteiger partial charge in [0.05, 0.1) is 11.9 Å². The SMILES string of the molecule is Fc1cncc(-c2ccc3c(c2)OCSN3)c1. The minimum atomic E-state index is -0.338. The molecule has 1 aliphatic rings. The first-order valence-electron chi connectivity index (χ1n) is 5.08. The lowest BCUT2D eigenvalue weighted by Gasteiger charge is -2.18. The molecule has 0 fully saturated rings. The maximum Gasteiger partial charge on any atom is 0.153 e. The summed E-state index contributed by atoms with van der Waals surface area (Å²) in [6.45, 7) is 0. The monoisotopic (exact) mass is 248 g/mol. The number of hydrogen-bond donors (Lipinski definition) is 1. The fourth-order valence-electron chi connectivity index (χ4n) is 1.68. The summed E-state index contributed by atoms with van der Waals surface area (Å²) in [5, 5.41) is 0. The molecule has 0 saturated heterocycles. The van der Waals surface area contributed by atoms with Crippen LogP contribution in [0.15, 0.2) is 36.7 Å². The summed E-state index contributed by atoms with van der Waals surface area (Å²) in [7, 11) is 0. The Labute approximate surface area is 102 Å². The lowest BCUT2D eigenvalue weighted by atomic mass is 10.1. The summed E-state index contributed by atoms with van der Waals surface area (Å²) < 4.78 is 21.7. The molecular formula is C12H9FN2OS. The first kappa shape index (κ1) is 10.4. The van der Waals surface area contributed by atoms with E-state index >= 15 is 0 Å². The van der Waals surface area contributed by atoms with Crippen LogP contribution in [0.25, 0.3) is 11.1 Å². The predicted octanol–water partition coefficient (Wildman–Crippen LogP) is 3.30. The van der Waals surface area contributed by atoms with Crippen LogP contribution in [0.5, 0.6) is 5.75 Å². The molecule has 0 spiro atoms. The molecule has 0 saturated carbocycles. The summed E-state index contributed by atoms with van der Waals surface area (Å²) in [4.78, 5) is 3.84. The van der Waals surface area contributed by atoms with Crippen LogP contribution in [0.1, 0.15) is 0 Å². The van der Waals surface area contributed by atoms with Gasteiger partial charge in [-0.15, -0.1) is 0 Å². The lowest BCUT2D eigenvalue weighted by Crippen LogP contribution is -2.05. The van der Waals surface area contributed by atoms with E-state index in [1.54, 1.807) is 6.20 Å². The van der Waals surface area contributed by atoms with Gasteiger partial charge in [-0.25, -0.2) is 4.39 Å². The second kappa shape index (κ2) is 4.25. The Morgan fingerprint density at radius 2 is 2.18 bits per heavy atom. The predicted molar refractivity (Wildman–Crippen MR) is 66.3 cm³/mol. The van der Waals surface area contributed by atoms with Crippen molar-refractivity contribution in [1.29, 1.82) is 0 Å². The van der Waals surface area contributed by atoms with Crippen LogP contribution in [0, 0.1) is 5.82 Å². The Hall–Kier alpha value is -1.75. The second-order valence-corrected chi connectivity index (χ2v) is 4.34. The van der Waals surface area contributed by atoms with Crippen LogP contribution < -0.4 is 9.46 Å². The van der Waals surface area contributed by atoms with Gasteiger partial charge >= 0.3 is 0 Å². The van der Waals surface area contributed by atoms with Crippen LogP contribution in [0.3, 0.4) is 0 Å². The number of nitrogens with zero attached hydrogens (tertiary/aromatic N) is 1. The van der Waals surface area contributed by atoms with E-state index < -0.39 is 0 Å². The van der Waals surface area contributed by atoms with Crippen molar-refractivity contribution in [3.05, 3.63) is 42.5 Å². The summed E-state index contributed by atoms with van der Waals surface area (Å²) in [6, 6.07) is 7.18. The van der Waals surface area contributed by atoms with Gasteiger partial charge in [-0.2, -0.15) is 0 Å². The van der Waals surface area contributed by atoms with Crippen molar-refractivity contribution in [3.8, 4) is 16.9 Å². The minimum absolute atomic E-state index is 0.338. The fourth-order valence-corrected chi connectivity index (χ4v) is 2.24. The standard InChI is InChI=1S/C12H9FN2OS/c13-10-3-9(5-14-6-10)8-1-2-11-12(4-8)16-7-17-15-11/h1-6,15H,7H2. The van der Waals surface area contributed by atoms with Crippen molar-refractivity contribution in [3.63, 3.8) is 0 Å². The number of benzene rings is 1. The van der Waals surface area contributed by atoms with E-state index in [0.29, 0.717) is 5.94 Å². The van der Waals surface area contributed by atoms with Crippen molar-refractivity contribution in [2.45, 2.75) is 0 Å². The van der Waals surface area contributed by atoms with E-state index in [4.69, 9.17) is 4.74 Å². The number of hydrogen-bond acceptors (Lipinski definition) is 4. The van der Waals surface area contributed by atoms with Crippen molar-refractivity contribution in [2.24, 2.45) is 0 Å². The average molecular weight is 248 g/mol. The molecule has 1 N–H and O–H groups in total. The van der Waals surface area contributed by atoms with Gasteiger partial charge in [0.1, 0.15) is 11.6 Å². The van der Waals surface area contributed by atoms with Gasteiger partial charge in [0.25, 0.3) is 0 Å². The van der Waals surface area contributed by atoms with Crippen molar-refractivity contribution < 1.29 is 9.13 Å². The van der Waals surface area contributed by atoms with E-state index in [1.807, 2.05) is 18.2 Å². The molecule has 3 nitrogen and oxygen atoms in total. The maximum absolute atomic E-state index is 13.1. The van der Waals surface area contributed by atoms with E-state index in [0.717, 1.165) is 22.6 Å². The Morgan fingerprint density at radius 1 is 1.24 bits per heavy atom. The van der Waals surface area contributed by atoms with Crippen molar-refractivity contribution in [2.75, 3.05) is 10.7 Å². The third-order valence-electron chi connectivity index (χ3n) is 2.48. The molecule has 17 heavy (non-hydrogen) atoms. The highest BCUT2D eigenvalue weighted by Gasteiger charge is 2.11. The third-order valence-corrected chi connectivity index (χ3v) is 3.08. The molecule has 2 aromatic rings. The Bertz CT molecular complexity index is 562. The van der Waals surface area contributed by atoms with Crippen molar-refractivity contribution in [1.82, 2.24) is 4.98 Å². The average Bonchev–Trinajstić information content (AvgIpc) is 2.38. The molecule has 86 valence electrons. The van der Waals surface area contributed by atoms with Crippen molar-refractivity contribution >= 4 is 17.6 Å². The van der Waals surface area contributed by atoms with Gasteiger partial charge in [-0.3, -0.25) is 4.98 Å². The lowest BCUT2D eigenvalue weighted by molar-refractivity contribution is 0.392. The van der Waals surface area contributed by atoms with Gasteiger partial charge in [0.2, 0.25) is 0 Å². The first-order valence-corrected chi connectivity index (χ1v) is 6.07. The highest BCUT2D eigenvalue weighted by Crippen LogP contribution is 2.35. The molecule has 0 aliphatic carbocycles. The zero-order valence-electron chi connectivity index (χ0n) is 8.81. The van der Waals surface area contributed by atoms with Crippen LogP contribution in [-0.2, 0) is 0 Å². The van der Waals surface area contributed by atoms with Gasteiger partial charge in [0, 0.05) is 11.8 Å². The molecule has 0 amide bonds. The van der Waals surface area contributed by atoms with Gasteiger partial charge in [-0.1, -0.05) is 6.07 Å². The molecule has 1 aromatic heterocycles. The van der Waals surface area contributed by atoms with E-state index in [-0.39, 0.29) is 5.82 Å². The van der Waals surface area contributed by atoms with E-state index in [1.165, 1.54) is 24.2 Å². The smallest absolute Gasteiger partial charge is 0.153 e. The molecule has 5 heteroatoms. The topological polar surface area (TPSA) is 34.1 Å². The first-order chi connectivity index (χ1) is 8.33. The summed E-state index contributed by atoms with van der Waals surface area (Å²) in [5.41, 5.74) is 2.58. The Morgan fingerprint density at radius 3 is 3.06 bits per heavy atom. The zero-order valence-corrected chi connectivity index (χ0v) is 9.63. The highest BCUT2D eigenvalue weighted by molar-refractivity contribution is 8.00. The number of nitrogens with one attached hydrogen (secondary N) is 1. The van der Waals surface area contributed by atoms with Crippen LogP contribution >= 0.6 is 11.9 Å². The molecule has 1 aromatic carbocycles. The molecule has 0 atom stereocenters. The highest BCUT2D eigenvalue weighted by atomic mass is 32.2. The van der Waals surface area contributed by atoms with Crippen LogP contribution in [0.2, 0.25) is 0 Å². The number of pyridine rings is 1. The normalized spacial score (nSPS) is 13.5. The summed E-state index contributed by atoms with van der Waals surface area (Å²) >= 11 is 1.50. The fraction of sp³-hybridized carbons (Fsp3) is 0.0833. The summed E-state index contributed by atoms with van der Waals surface area (Å²) in [6.07, 6.45) is 2.83. The number of rotatable bonds is 1. The molecule has 0 unspecified atom stereocenters. The Balaban J connectivity index is 2.04. The van der Waals surface area contributed by atoms with Gasteiger partial charge in [-0.05, 0) is 35.7 Å². The number of halogens is 1. The van der Waals surface area contributed by atoms with Crippen LogP contribution in [0.4, 0.5) is 10.1 Å². The maximum atomic E-state index is 13.1. The molecule has 2 heterocycles. The molecule has 0 bridgehead atoms. The Kier molecular flexibility index (Phi) is 2.60. The largest absolute Gasteiger partial charge is 0.479 e. The molecular weight excluding hydrogens is 239 g/mol. The van der Waals surface area contributed by atoms with Gasteiger partial charge in [0.15, 0.2) is 5.94 Å². The summed E-state index contributed by atoms with van der Waals surface area (Å²) in [5.74, 6) is 1.01. The quantitative estimate of drug-likeness (QED) is 0.785. The number of aromatic nitrogens is 1. The number of fused-ring (bicyclic) bond motifs is 1. The van der Waals surface area contributed by atoms with Crippen LogP contribution in [-0.4, -0.2) is 10.9 Å². The second-order valence-electron chi connectivity index (χ2n) is 3.61. The number of anilines is 1. The molecule has 0 radical (unpaired) electrons. The molecule has 1 aliphatic heterocycles. The number of ether oxygens (including phenoxy) is 1. The zero-order chi connectivity index (χ0) is 11.7. The minimum Gasteiger partial charge on any atom is -0.479 e. The van der Waals surface area contributed by atoms with E-state index in [9.17, 15) is 4.39 Å².